The third-order valence-corrected chi connectivity index (χ3v) is 6.59. The number of aromatic nitrogens is 1. The summed E-state index contributed by atoms with van der Waals surface area (Å²) < 4.78 is 28.4. The van der Waals surface area contributed by atoms with Gasteiger partial charge in [0.15, 0.2) is 0 Å². The van der Waals surface area contributed by atoms with Crippen LogP contribution in [0.5, 0.6) is 0 Å². The maximum absolute atomic E-state index is 12.9. The van der Waals surface area contributed by atoms with E-state index in [1.807, 2.05) is 18.4 Å². The highest BCUT2D eigenvalue weighted by atomic mass is 35.5. The second-order valence-electron chi connectivity index (χ2n) is 5.75. The standard InChI is InChI=1S/C18H17ClN2O2S2/c1-11-7-8-14(17-10-24-13(3)20-17)9-18(11)25(22,23)21-16-6-4-5-15(19)12(16)2/h4-10,21H,1-3H3. The topological polar surface area (TPSA) is 59.1 Å². The maximum Gasteiger partial charge on any atom is 0.262 e. The summed E-state index contributed by atoms with van der Waals surface area (Å²) in [6, 6.07) is 10.5. The summed E-state index contributed by atoms with van der Waals surface area (Å²) in [6.07, 6.45) is 0. The molecule has 0 fully saturated rings. The molecule has 7 heteroatoms. The van der Waals surface area contributed by atoms with Crippen LogP contribution in [-0.2, 0) is 10.0 Å². The van der Waals surface area contributed by atoms with Crippen LogP contribution in [0.25, 0.3) is 11.3 Å². The maximum atomic E-state index is 12.9. The first-order chi connectivity index (χ1) is 11.8. The van der Waals surface area contributed by atoms with Crippen LogP contribution in [-0.4, -0.2) is 13.4 Å². The molecule has 0 unspecified atom stereocenters. The fourth-order valence-corrected chi connectivity index (χ4v) is 4.65. The number of anilines is 1. The Bertz CT molecular complexity index is 1040. The SMILES string of the molecule is Cc1nc(-c2ccc(C)c(S(=O)(=O)Nc3cccc(Cl)c3C)c2)cs1. The van der Waals surface area contributed by atoms with Gasteiger partial charge in [-0.15, -0.1) is 11.3 Å². The van der Waals surface area contributed by atoms with E-state index >= 15 is 0 Å². The molecule has 3 rings (SSSR count). The summed E-state index contributed by atoms with van der Waals surface area (Å²) >= 11 is 7.62. The molecule has 0 radical (unpaired) electrons. The van der Waals surface area contributed by atoms with E-state index in [0.29, 0.717) is 21.8 Å². The zero-order valence-corrected chi connectivity index (χ0v) is 16.4. The van der Waals surface area contributed by atoms with Crippen LogP contribution in [0, 0.1) is 20.8 Å². The van der Waals surface area contributed by atoms with Gasteiger partial charge in [-0.1, -0.05) is 29.8 Å². The van der Waals surface area contributed by atoms with E-state index in [4.69, 9.17) is 11.6 Å². The second kappa shape index (κ2) is 6.78. The van der Waals surface area contributed by atoms with E-state index < -0.39 is 10.0 Å². The number of hydrogen-bond donors (Lipinski definition) is 1. The highest BCUT2D eigenvalue weighted by Gasteiger charge is 2.19. The van der Waals surface area contributed by atoms with Gasteiger partial charge in [-0.05, 0) is 50.1 Å². The van der Waals surface area contributed by atoms with Crippen molar-refractivity contribution in [1.82, 2.24) is 4.98 Å². The first-order valence-electron chi connectivity index (χ1n) is 7.59. The minimum Gasteiger partial charge on any atom is -0.279 e. The number of thiazole rings is 1. The number of nitrogens with one attached hydrogen (secondary N) is 1. The smallest absolute Gasteiger partial charge is 0.262 e. The molecule has 0 atom stereocenters. The minimum absolute atomic E-state index is 0.232. The summed E-state index contributed by atoms with van der Waals surface area (Å²) in [5.41, 5.74) is 3.39. The molecular weight excluding hydrogens is 376 g/mol. The number of halogens is 1. The number of hydrogen-bond acceptors (Lipinski definition) is 4. The second-order valence-corrected chi connectivity index (χ2v) is 8.87. The number of benzene rings is 2. The third-order valence-electron chi connectivity index (χ3n) is 3.90. The number of rotatable bonds is 4. The lowest BCUT2D eigenvalue weighted by molar-refractivity contribution is 0.600. The van der Waals surface area contributed by atoms with Crippen molar-refractivity contribution in [3.8, 4) is 11.3 Å². The van der Waals surface area contributed by atoms with Gasteiger partial charge >= 0.3 is 0 Å². The Balaban J connectivity index is 2.03. The molecule has 2 aromatic carbocycles. The molecule has 0 spiro atoms. The van der Waals surface area contributed by atoms with Gasteiger partial charge in [0.2, 0.25) is 0 Å². The minimum atomic E-state index is -3.74. The monoisotopic (exact) mass is 392 g/mol. The van der Waals surface area contributed by atoms with Gasteiger partial charge in [-0.2, -0.15) is 0 Å². The molecule has 3 aromatic rings. The summed E-state index contributed by atoms with van der Waals surface area (Å²) in [4.78, 5) is 4.66. The lowest BCUT2D eigenvalue weighted by Gasteiger charge is -2.14. The molecule has 1 N–H and O–H groups in total. The molecule has 130 valence electrons. The Labute approximate surface area is 156 Å². The fourth-order valence-electron chi connectivity index (χ4n) is 2.46. The highest BCUT2D eigenvalue weighted by molar-refractivity contribution is 7.92. The van der Waals surface area contributed by atoms with Crippen LogP contribution in [0.1, 0.15) is 16.1 Å². The highest BCUT2D eigenvalue weighted by Crippen LogP contribution is 2.29. The van der Waals surface area contributed by atoms with Gasteiger partial charge in [0, 0.05) is 16.0 Å². The van der Waals surface area contributed by atoms with Crippen LogP contribution in [0.3, 0.4) is 0 Å². The lowest BCUT2D eigenvalue weighted by atomic mass is 10.1. The zero-order chi connectivity index (χ0) is 18.2. The first kappa shape index (κ1) is 17.9. The van der Waals surface area contributed by atoms with Gasteiger partial charge in [-0.3, -0.25) is 4.72 Å². The van der Waals surface area contributed by atoms with Crippen LogP contribution in [0.15, 0.2) is 46.7 Å². The molecule has 4 nitrogen and oxygen atoms in total. The summed E-state index contributed by atoms with van der Waals surface area (Å²) in [6.45, 7) is 5.47. The number of aryl methyl sites for hydroxylation is 2. The predicted molar refractivity (Wildman–Crippen MR) is 104 cm³/mol. The summed E-state index contributed by atoms with van der Waals surface area (Å²) in [7, 11) is -3.74. The third kappa shape index (κ3) is 3.71. The van der Waals surface area contributed by atoms with Crippen LogP contribution >= 0.6 is 22.9 Å². The van der Waals surface area contributed by atoms with E-state index in [0.717, 1.165) is 16.3 Å². The van der Waals surface area contributed by atoms with E-state index in [1.54, 1.807) is 44.2 Å². The van der Waals surface area contributed by atoms with Gasteiger partial charge in [0.25, 0.3) is 10.0 Å². The zero-order valence-electron chi connectivity index (χ0n) is 14.0. The van der Waals surface area contributed by atoms with Gasteiger partial charge in [0.1, 0.15) is 0 Å². The van der Waals surface area contributed by atoms with Gasteiger partial charge < -0.3 is 0 Å². The Hall–Kier alpha value is -1.89. The molecule has 0 aliphatic rings. The van der Waals surface area contributed by atoms with Crippen LogP contribution in [0.4, 0.5) is 5.69 Å². The molecule has 0 aliphatic carbocycles. The molecule has 0 aliphatic heterocycles. The van der Waals surface area contributed by atoms with Crippen molar-refractivity contribution < 1.29 is 8.42 Å². The van der Waals surface area contributed by atoms with Crippen molar-refractivity contribution in [3.63, 3.8) is 0 Å². The summed E-state index contributed by atoms with van der Waals surface area (Å²) in [5.74, 6) is 0. The van der Waals surface area contributed by atoms with E-state index in [1.165, 1.54) is 11.3 Å². The van der Waals surface area contributed by atoms with Gasteiger partial charge in [-0.25, -0.2) is 13.4 Å². The first-order valence-corrected chi connectivity index (χ1v) is 10.3. The molecule has 0 saturated heterocycles. The number of sulfonamides is 1. The van der Waals surface area contributed by atoms with Crippen molar-refractivity contribution in [2.45, 2.75) is 25.7 Å². The lowest BCUT2D eigenvalue weighted by Crippen LogP contribution is -2.15. The fraction of sp³-hybridized carbons (Fsp3) is 0.167. The largest absolute Gasteiger partial charge is 0.279 e. The Kier molecular flexibility index (Phi) is 4.86. The average Bonchev–Trinajstić information content (AvgIpc) is 2.98. The molecule has 1 heterocycles. The Morgan fingerprint density at radius 2 is 1.88 bits per heavy atom. The molecule has 0 saturated carbocycles. The molecule has 0 amide bonds. The van der Waals surface area contributed by atoms with Gasteiger partial charge in [0.05, 0.1) is 21.3 Å². The van der Waals surface area contributed by atoms with E-state index in [9.17, 15) is 8.42 Å². The number of nitrogens with zero attached hydrogens (tertiary/aromatic N) is 1. The predicted octanol–water partition coefficient (Wildman–Crippen LogP) is 5.19. The van der Waals surface area contributed by atoms with E-state index in [-0.39, 0.29) is 4.90 Å². The molecular formula is C18H17ClN2O2S2. The van der Waals surface area contributed by atoms with Crippen molar-refractivity contribution in [2.24, 2.45) is 0 Å². The summed E-state index contributed by atoms with van der Waals surface area (Å²) in [5, 5.41) is 3.38. The van der Waals surface area contributed by atoms with Crippen molar-refractivity contribution >= 4 is 38.6 Å². The van der Waals surface area contributed by atoms with Crippen molar-refractivity contribution in [2.75, 3.05) is 4.72 Å². The quantitative estimate of drug-likeness (QED) is 0.664. The molecule has 25 heavy (non-hydrogen) atoms. The van der Waals surface area contributed by atoms with Crippen LogP contribution < -0.4 is 4.72 Å². The molecule has 0 bridgehead atoms. The van der Waals surface area contributed by atoms with Crippen molar-refractivity contribution in [3.05, 3.63) is 62.9 Å². The van der Waals surface area contributed by atoms with E-state index in [2.05, 4.69) is 9.71 Å². The average molecular weight is 393 g/mol. The van der Waals surface area contributed by atoms with Crippen LogP contribution in [0.2, 0.25) is 5.02 Å². The Morgan fingerprint density at radius 1 is 1.12 bits per heavy atom. The Morgan fingerprint density at radius 3 is 2.56 bits per heavy atom. The van der Waals surface area contributed by atoms with Crippen molar-refractivity contribution in [1.29, 1.82) is 0 Å². The normalized spacial score (nSPS) is 11.5. The molecule has 1 aromatic heterocycles.